The van der Waals surface area contributed by atoms with Crippen molar-refractivity contribution in [1.82, 2.24) is 5.32 Å². The molecular formula is C14H19F2NO2S. The molecule has 0 heterocycles. The number of hydrogen-bond acceptors (Lipinski definition) is 3. The van der Waals surface area contributed by atoms with Crippen LogP contribution in [0.5, 0.6) is 0 Å². The van der Waals surface area contributed by atoms with E-state index in [1.54, 1.807) is 6.92 Å². The van der Waals surface area contributed by atoms with Crippen molar-refractivity contribution in [2.24, 2.45) is 0 Å². The van der Waals surface area contributed by atoms with Gasteiger partial charge in [-0.05, 0) is 25.5 Å². The highest BCUT2D eigenvalue weighted by molar-refractivity contribution is 8.00. The molecule has 0 bridgehead atoms. The molecule has 1 unspecified atom stereocenters. The van der Waals surface area contributed by atoms with Crippen LogP contribution in [0.1, 0.15) is 26.7 Å². The fraction of sp³-hybridized carbons (Fsp3) is 0.500. The van der Waals surface area contributed by atoms with Crippen LogP contribution in [-0.4, -0.2) is 28.9 Å². The molecule has 0 aliphatic heterocycles. The minimum absolute atomic E-state index is 0.0186. The van der Waals surface area contributed by atoms with E-state index in [1.807, 2.05) is 6.92 Å². The van der Waals surface area contributed by atoms with Gasteiger partial charge in [0, 0.05) is 17.5 Å². The Labute approximate surface area is 121 Å². The van der Waals surface area contributed by atoms with Gasteiger partial charge in [-0.3, -0.25) is 4.79 Å². The lowest BCUT2D eigenvalue weighted by atomic mass is 10.0. The lowest BCUT2D eigenvalue weighted by Crippen LogP contribution is -2.41. The average molecular weight is 303 g/mol. The first-order chi connectivity index (χ1) is 9.34. The van der Waals surface area contributed by atoms with Crippen LogP contribution in [-0.2, 0) is 4.79 Å². The zero-order valence-corrected chi connectivity index (χ0v) is 12.4. The predicted octanol–water partition coefficient (Wildman–Crippen LogP) is 2.72. The SMILES string of the molecule is CCCC(C)(O)CNC(=O)CSc1ccc(F)cc1F. The maximum atomic E-state index is 13.3. The molecule has 1 aromatic rings. The third kappa shape index (κ3) is 5.88. The Balaban J connectivity index is 2.40. The molecule has 1 atom stereocenters. The van der Waals surface area contributed by atoms with Crippen molar-refractivity contribution in [3.05, 3.63) is 29.8 Å². The van der Waals surface area contributed by atoms with Crippen molar-refractivity contribution in [1.29, 1.82) is 0 Å². The first kappa shape index (κ1) is 16.9. The number of nitrogens with one attached hydrogen (secondary N) is 1. The summed E-state index contributed by atoms with van der Waals surface area (Å²) < 4.78 is 26.1. The number of amides is 1. The van der Waals surface area contributed by atoms with Crippen molar-refractivity contribution >= 4 is 17.7 Å². The number of hydrogen-bond donors (Lipinski definition) is 2. The minimum atomic E-state index is -0.934. The molecule has 0 radical (unpaired) electrons. The van der Waals surface area contributed by atoms with Crippen LogP contribution in [0.25, 0.3) is 0 Å². The summed E-state index contributed by atoms with van der Waals surface area (Å²) in [6.07, 6.45) is 1.41. The molecule has 20 heavy (non-hydrogen) atoms. The molecule has 112 valence electrons. The molecule has 0 aromatic heterocycles. The second-order valence-corrected chi connectivity index (χ2v) is 5.90. The highest BCUT2D eigenvalue weighted by atomic mass is 32.2. The molecule has 2 N–H and O–H groups in total. The lowest BCUT2D eigenvalue weighted by molar-refractivity contribution is -0.119. The van der Waals surface area contributed by atoms with E-state index in [9.17, 15) is 18.7 Å². The predicted molar refractivity (Wildman–Crippen MR) is 75.6 cm³/mol. The zero-order chi connectivity index (χ0) is 15.2. The Morgan fingerprint density at radius 3 is 2.75 bits per heavy atom. The zero-order valence-electron chi connectivity index (χ0n) is 11.6. The van der Waals surface area contributed by atoms with E-state index in [2.05, 4.69) is 5.32 Å². The maximum absolute atomic E-state index is 13.3. The van der Waals surface area contributed by atoms with Crippen LogP contribution in [0.15, 0.2) is 23.1 Å². The molecule has 3 nitrogen and oxygen atoms in total. The molecule has 0 fully saturated rings. The summed E-state index contributed by atoms with van der Waals surface area (Å²) in [5.74, 6) is -1.60. The van der Waals surface area contributed by atoms with Gasteiger partial charge in [0.2, 0.25) is 5.91 Å². The molecule has 0 spiro atoms. The normalized spacial score (nSPS) is 13.8. The van der Waals surface area contributed by atoms with Crippen LogP contribution >= 0.6 is 11.8 Å². The number of halogens is 2. The van der Waals surface area contributed by atoms with E-state index in [4.69, 9.17) is 0 Å². The number of thioether (sulfide) groups is 1. The van der Waals surface area contributed by atoms with Crippen LogP contribution < -0.4 is 5.32 Å². The summed E-state index contributed by atoms with van der Waals surface area (Å²) in [4.78, 5) is 11.8. The Morgan fingerprint density at radius 2 is 2.15 bits per heavy atom. The van der Waals surface area contributed by atoms with Crippen molar-refractivity contribution in [2.45, 2.75) is 37.2 Å². The Hall–Kier alpha value is -1.14. The van der Waals surface area contributed by atoms with E-state index in [0.717, 1.165) is 30.3 Å². The van der Waals surface area contributed by atoms with Crippen molar-refractivity contribution in [3.8, 4) is 0 Å². The van der Waals surface area contributed by atoms with Gasteiger partial charge in [0.05, 0.1) is 11.4 Å². The average Bonchev–Trinajstić information content (AvgIpc) is 2.35. The fourth-order valence-corrected chi connectivity index (χ4v) is 2.45. The molecule has 0 aliphatic carbocycles. The summed E-state index contributed by atoms with van der Waals surface area (Å²) in [6, 6.07) is 3.23. The quantitative estimate of drug-likeness (QED) is 0.762. The van der Waals surface area contributed by atoms with Crippen molar-refractivity contribution in [3.63, 3.8) is 0 Å². The number of benzene rings is 1. The second-order valence-electron chi connectivity index (χ2n) is 4.89. The van der Waals surface area contributed by atoms with Gasteiger partial charge in [0.25, 0.3) is 0 Å². The molecular weight excluding hydrogens is 284 g/mol. The van der Waals surface area contributed by atoms with Gasteiger partial charge in [-0.15, -0.1) is 11.8 Å². The summed E-state index contributed by atoms with van der Waals surface area (Å²) in [6.45, 7) is 3.76. The number of rotatable bonds is 7. The van der Waals surface area contributed by atoms with Gasteiger partial charge in [-0.2, -0.15) is 0 Å². The topological polar surface area (TPSA) is 49.3 Å². The largest absolute Gasteiger partial charge is 0.388 e. The van der Waals surface area contributed by atoms with Gasteiger partial charge in [-0.25, -0.2) is 8.78 Å². The Morgan fingerprint density at radius 1 is 1.45 bits per heavy atom. The van der Waals surface area contributed by atoms with Crippen LogP contribution in [0, 0.1) is 11.6 Å². The Kier molecular flexibility index (Phi) is 6.42. The highest BCUT2D eigenvalue weighted by Gasteiger charge is 2.19. The summed E-state index contributed by atoms with van der Waals surface area (Å²) in [5.41, 5.74) is -0.934. The fourth-order valence-electron chi connectivity index (χ4n) is 1.70. The van der Waals surface area contributed by atoms with Gasteiger partial charge in [0.15, 0.2) is 0 Å². The first-order valence-electron chi connectivity index (χ1n) is 6.41. The Bertz CT molecular complexity index is 466. The summed E-state index contributed by atoms with van der Waals surface area (Å²) >= 11 is 0.992. The van der Waals surface area contributed by atoms with Gasteiger partial charge in [0.1, 0.15) is 11.6 Å². The highest BCUT2D eigenvalue weighted by Crippen LogP contribution is 2.22. The van der Waals surface area contributed by atoms with Crippen LogP contribution in [0.2, 0.25) is 0 Å². The third-order valence-electron chi connectivity index (χ3n) is 2.71. The van der Waals surface area contributed by atoms with Crippen LogP contribution in [0.4, 0.5) is 8.78 Å². The van der Waals surface area contributed by atoms with E-state index in [1.165, 1.54) is 6.07 Å². The van der Waals surface area contributed by atoms with Crippen molar-refractivity contribution in [2.75, 3.05) is 12.3 Å². The molecule has 6 heteroatoms. The lowest BCUT2D eigenvalue weighted by Gasteiger charge is -2.22. The van der Waals surface area contributed by atoms with E-state index >= 15 is 0 Å². The molecule has 1 amide bonds. The van der Waals surface area contributed by atoms with Gasteiger partial charge < -0.3 is 10.4 Å². The summed E-state index contributed by atoms with van der Waals surface area (Å²) in [7, 11) is 0. The molecule has 0 saturated carbocycles. The van der Waals surface area contributed by atoms with E-state index < -0.39 is 17.2 Å². The van der Waals surface area contributed by atoms with E-state index in [-0.39, 0.29) is 23.1 Å². The minimum Gasteiger partial charge on any atom is -0.388 e. The first-order valence-corrected chi connectivity index (χ1v) is 7.39. The monoisotopic (exact) mass is 303 g/mol. The maximum Gasteiger partial charge on any atom is 0.230 e. The number of carbonyl (C=O) groups is 1. The van der Waals surface area contributed by atoms with Gasteiger partial charge >= 0.3 is 0 Å². The summed E-state index contributed by atoms with van der Waals surface area (Å²) in [5, 5.41) is 12.5. The van der Waals surface area contributed by atoms with E-state index in [0.29, 0.717) is 6.42 Å². The van der Waals surface area contributed by atoms with Gasteiger partial charge in [-0.1, -0.05) is 13.3 Å². The second kappa shape index (κ2) is 7.59. The number of aliphatic hydroxyl groups is 1. The third-order valence-corrected chi connectivity index (χ3v) is 3.76. The van der Waals surface area contributed by atoms with Crippen LogP contribution in [0.3, 0.4) is 0 Å². The smallest absolute Gasteiger partial charge is 0.230 e. The van der Waals surface area contributed by atoms with Crippen molar-refractivity contribution < 1.29 is 18.7 Å². The molecule has 1 rings (SSSR count). The number of carbonyl (C=O) groups excluding carboxylic acids is 1. The molecule has 1 aromatic carbocycles. The molecule has 0 aliphatic rings. The molecule has 0 saturated heterocycles. The standard InChI is InChI=1S/C14H19F2NO2S/c1-3-6-14(2,19)9-17-13(18)8-20-12-5-4-10(15)7-11(12)16/h4-5,7,19H,3,6,8-9H2,1-2H3,(H,17,18).